The standard InChI is InChI=1S/C16H17ClN4/c1-11-7-12-8-13(10-18)16(19-15(12)9-14(11)17)21-5-3-20(2)4-6-21/h7-9H,3-6H2,1-2H3. The number of nitrogens with zero attached hydrogens (tertiary/aromatic N) is 4. The first-order valence-corrected chi connectivity index (χ1v) is 7.41. The SMILES string of the molecule is Cc1cc2cc(C#N)c(N3CCN(C)CC3)nc2cc1Cl. The second-order valence-electron chi connectivity index (χ2n) is 5.56. The number of piperazine rings is 1. The molecule has 1 aromatic heterocycles. The number of hydrogen-bond acceptors (Lipinski definition) is 4. The van der Waals surface area contributed by atoms with Gasteiger partial charge >= 0.3 is 0 Å². The average molecular weight is 301 g/mol. The lowest BCUT2D eigenvalue weighted by atomic mass is 10.1. The van der Waals surface area contributed by atoms with E-state index in [2.05, 4.69) is 22.9 Å². The molecule has 3 rings (SSSR count). The number of halogens is 1. The second kappa shape index (κ2) is 5.51. The maximum absolute atomic E-state index is 9.43. The Kier molecular flexibility index (Phi) is 3.71. The van der Waals surface area contributed by atoms with Crippen LogP contribution in [0.15, 0.2) is 18.2 Å². The van der Waals surface area contributed by atoms with Crippen LogP contribution in [0.5, 0.6) is 0 Å². The number of benzene rings is 1. The fourth-order valence-electron chi connectivity index (χ4n) is 2.64. The van der Waals surface area contributed by atoms with Gasteiger partial charge in [0.05, 0.1) is 11.1 Å². The molecule has 0 radical (unpaired) electrons. The number of pyridine rings is 1. The van der Waals surface area contributed by atoms with Crippen molar-refractivity contribution in [3.63, 3.8) is 0 Å². The number of rotatable bonds is 1. The number of anilines is 1. The van der Waals surface area contributed by atoms with Crippen LogP contribution in [0.2, 0.25) is 5.02 Å². The van der Waals surface area contributed by atoms with Crippen LogP contribution in [0.25, 0.3) is 10.9 Å². The fourth-order valence-corrected chi connectivity index (χ4v) is 2.80. The smallest absolute Gasteiger partial charge is 0.147 e. The molecule has 1 aliphatic rings. The molecule has 0 amide bonds. The summed E-state index contributed by atoms with van der Waals surface area (Å²) in [7, 11) is 2.11. The van der Waals surface area contributed by atoms with Crippen LogP contribution in [0.4, 0.5) is 5.82 Å². The predicted octanol–water partition coefficient (Wildman–Crippen LogP) is 2.82. The van der Waals surface area contributed by atoms with Gasteiger partial charge in [0.1, 0.15) is 11.9 Å². The minimum absolute atomic E-state index is 0.633. The molecule has 0 saturated carbocycles. The van der Waals surface area contributed by atoms with Gasteiger partial charge in [0.2, 0.25) is 0 Å². The Morgan fingerprint density at radius 3 is 2.57 bits per heavy atom. The topological polar surface area (TPSA) is 43.2 Å². The first-order chi connectivity index (χ1) is 10.1. The van der Waals surface area contributed by atoms with Gasteiger partial charge in [-0.25, -0.2) is 4.98 Å². The van der Waals surface area contributed by atoms with Gasteiger partial charge < -0.3 is 9.80 Å². The van der Waals surface area contributed by atoms with E-state index in [0.717, 1.165) is 48.5 Å². The largest absolute Gasteiger partial charge is 0.353 e. The van der Waals surface area contributed by atoms with E-state index in [0.29, 0.717) is 10.6 Å². The van der Waals surface area contributed by atoms with E-state index in [-0.39, 0.29) is 0 Å². The van der Waals surface area contributed by atoms with Crippen molar-refractivity contribution in [3.8, 4) is 6.07 Å². The molecule has 2 aromatic rings. The summed E-state index contributed by atoms with van der Waals surface area (Å²) >= 11 is 6.19. The van der Waals surface area contributed by atoms with E-state index in [1.165, 1.54) is 0 Å². The first-order valence-electron chi connectivity index (χ1n) is 7.03. The number of hydrogen-bond donors (Lipinski definition) is 0. The van der Waals surface area contributed by atoms with Gasteiger partial charge in [-0.05, 0) is 37.7 Å². The summed E-state index contributed by atoms with van der Waals surface area (Å²) in [5.41, 5.74) is 2.48. The minimum Gasteiger partial charge on any atom is -0.353 e. The molecule has 1 aromatic carbocycles. The van der Waals surface area contributed by atoms with Gasteiger partial charge in [-0.1, -0.05) is 11.6 Å². The zero-order valence-electron chi connectivity index (χ0n) is 12.2. The highest BCUT2D eigenvalue weighted by atomic mass is 35.5. The van der Waals surface area contributed by atoms with Crippen LogP contribution in [0, 0.1) is 18.3 Å². The molecular weight excluding hydrogens is 284 g/mol. The van der Waals surface area contributed by atoms with Crippen LogP contribution in [0.1, 0.15) is 11.1 Å². The van der Waals surface area contributed by atoms with E-state index in [4.69, 9.17) is 16.6 Å². The summed E-state index contributed by atoms with van der Waals surface area (Å²) in [4.78, 5) is 9.16. The molecule has 1 fully saturated rings. The van der Waals surface area contributed by atoms with Crippen molar-refractivity contribution in [1.82, 2.24) is 9.88 Å². The molecule has 0 spiro atoms. The van der Waals surface area contributed by atoms with E-state index in [9.17, 15) is 5.26 Å². The lowest BCUT2D eigenvalue weighted by molar-refractivity contribution is 0.312. The normalized spacial score (nSPS) is 16.2. The van der Waals surface area contributed by atoms with Crippen LogP contribution >= 0.6 is 11.6 Å². The summed E-state index contributed by atoms with van der Waals surface area (Å²) in [6, 6.07) is 8.06. The van der Waals surface area contributed by atoms with Gasteiger partial charge in [-0.15, -0.1) is 0 Å². The van der Waals surface area contributed by atoms with Gasteiger partial charge in [0.25, 0.3) is 0 Å². The van der Waals surface area contributed by atoms with E-state index < -0.39 is 0 Å². The number of nitriles is 1. The Hall–Kier alpha value is -1.83. The number of aromatic nitrogens is 1. The molecule has 0 unspecified atom stereocenters. The lowest BCUT2D eigenvalue weighted by Gasteiger charge is -2.33. The molecule has 0 atom stereocenters. The molecule has 1 aliphatic heterocycles. The molecule has 1 saturated heterocycles. The Balaban J connectivity index is 2.09. The second-order valence-corrected chi connectivity index (χ2v) is 5.96. The Morgan fingerprint density at radius 2 is 1.90 bits per heavy atom. The van der Waals surface area contributed by atoms with Gasteiger partial charge in [0.15, 0.2) is 0 Å². The van der Waals surface area contributed by atoms with E-state index in [1.807, 2.05) is 25.1 Å². The van der Waals surface area contributed by atoms with Crippen molar-refractivity contribution >= 4 is 28.3 Å². The van der Waals surface area contributed by atoms with Crippen molar-refractivity contribution in [2.24, 2.45) is 0 Å². The third-order valence-corrected chi connectivity index (χ3v) is 4.41. The molecule has 2 heterocycles. The lowest BCUT2D eigenvalue weighted by Crippen LogP contribution is -2.45. The molecule has 21 heavy (non-hydrogen) atoms. The summed E-state index contributed by atoms with van der Waals surface area (Å²) < 4.78 is 0. The Labute approximate surface area is 129 Å². The summed E-state index contributed by atoms with van der Waals surface area (Å²) in [6.45, 7) is 5.72. The van der Waals surface area contributed by atoms with Crippen LogP contribution in [-0.4, -0.2) is 43.1 Å². The number of fused-ring (bicyclic) bond motifs is 1. The van der Waals surface area contributed by atoms with Crippen molar-refractivity contribution in [2.75, 3.05) is 38.1 Å². The summed E-state index contributed by atoms with van der Waals surface area (Å²) in [5, 5.41) is 11.1. The van der Waals surface area contributed by atoms with Crippen molar-refractivity contribution in [1.29, 1.82) is 5.26 Å². The monoisotopic (exact) mass is 300 g/mol. The number of likely N-dealkylation sites (N-methyl/N-ethyl adjacent to an activating group) is 1. The molecule has 0 N–H and O–H groups in total. The Morgan fingerprint density at radius 1 is 1.19 bits per heavy atom. The molecular formula is C16H17ClN4. The zero-order chi connectivity index (χ0) is 15.0. The van der Waals surface area contributed by atoms with Gasteiger partial charge in [-0.3, -0.25) is 0 Å². The van der Waals surface area contributed by atoms with Crippen LogP contribution in [0.3, 0.4) is 0 Å². The van der Waals surface area contributed by atoms with Crippen molar-refractivity contribution in [3.05, 3.63) is 34.3 Å². The van der Waals surface area contributed by atoms with E-state index in [1.54, 1.807) is 0 Å². The maximum Gasteiger partial charge on any atom is 0.147 e. The molecule has 108 valence electrons. The highest BCUT2D eigenvalue weighted by Gasteiger charge is 2.19. The van der Waals surface area contributed by atoms with Gasteiger partial charge in [0, 0.05) is 36.6 Å². The van der Waals surface area contributed by atoms with Crippen molar-refractivity contribution in [2.45, 2.75) is 6.92 Å². The number of aryl methyl sites for hydroxylation is 1. The molecule has 0 aliphatic carbocycles. The fraction of sp³-hybridized carbons (Fsp3) is 0.375. The van der Waals surface area contributed by atoms with Crippen LogP contribution < -0.4 is 4.90 Å². The average Bonchev–Trinajstić information content (AvgIpc) is 2.48. The van der Waals surface area contributed by atoms with Gasteiger partial charge in [-0.2, -0.15) is 5.26 Å². The zero-order valence-corrected chi connectivity index (χ0v) is 13.0. The minimum atomic E-state index is 0.633. The summed E-state index contributed by atoms with van der Waals surface area (Å²) in [5.74, 6) is 0.776. The maximum atomic E-state index is 9.43. The molecule has 4 nitrogen and oxygen atoms in total. The van der Waals surface area contributed by atoms with Crippen molar-refractivity contribution < 1.29 is 0 Å². The highest BCUT2D eigenvalue weighted by Crippen LogP contribution is 2.27. The Bertz CT molecular complexity index is 727. The predicted molar refractivity (Wildman–Crippen MR) is 85.9 cm³/mol. The quantitative estimate of drug-likeness (QED) is 0.812. The summed E-state index contributed by atoms with van der Waals surface area (Å²) in [6.07, 6.45) is 0. The third-order valence-electron chi connectivity index (χ3n) is 4.00. The molecule has 0 bridgehead atoms. The highest BCUT2D eigenvalue weighted by molar-refractivity contribution is 6.32. The third kappa shape index (κ3) is 2.67. The van der Waals surface area contributed by atoms with E-state index >= 15 is 0 Å². The van der Waals surface area contributed by atoms with Crippen LogP contribution in [-0.2, 0) is 0 Å². The first kappa shape index (κ1) is 14.1. The molecule has 5 heteroatoms.